The molecular weight excluding hydrogens is 262 g/mol. The van der Waals surface area contributed by atoms with Crippen molar-refractivity contribution in [1.82, 2.24) is 4.98 Å². The molecule has 0 aliphatic carbocycles. The fourth-order valence-corrected chi connectivity index (χ4v) is 3.14. The van der Waals surface area contributed by atoms with Gasteiger partial charge in [-0.15, -0.1) is 0 Å². The predicted molar refractivity (Wildman–Crippen MR) is 78.7 cm³/mol. The van der Waals surface area contributed by atoms with Crippen LogP contribution in [0.5, 0.6) is 0 Å². The van der Waals surface area contributed by atoms with Crippen LogP contribution in [0.1, 0.15) is 24.2 Å². The van der Waals surface area contributed by atoms with Crippen molar-refractivity contribution < 1.29 is 9.53 Å². The van der Waals surface area contributed by atoms with Crippen molar-refractivity contribution in [2.75, 3.05) is 36.1 Å². The highest BCUT2D eigenvalue weighted by Gasteiger charge is 2.23. The average molecular weight is 281 g/mol. The first-order valence-electron chi connectivity index (χ1n) is 6.41. The Morgan fingerprint density at radius 2 is 2.47 bits per heavy atom. The molecule has 1 unspecified atom stereocenters. The zero-order chi connectivity index (χ0) is 13.8. The van der Waals surface area contributed by atoms with Crippen LogP contribution in [0.25, 0.3) is 0 Å². The van der Waals surface area contributed by atoms with Crippen molar-refractivity contribution in [2.24, 2.45) is 0 Å². The highest BCUT2D eigenvalue weighted by molar-refractivity contribution is 8.00. The lowest BCUT2D eigenvalue weighted by Gasteiger charge is -2.33. The molecule has 2 heterocycles. The van der Waals surface area contributed by atoms with Crippen molar-refractivity contribution in [3.05, 3.63) is 17.8 Å². The topological polar surface area (TPSA) is 68.5 Å². The molecule has 1 saturated heterocycles. The van der Waals surface area contributed by atoms with Crippen LogP contribution in [0, 0.1) is 0 Å². The summed E-state index contributed by atoms with van der Waals surface area (Å²) in [5.74, 6) is 1.05. The largest absolute Gasteiger partial charge is 0.462 e. The van der Waals surface area contributed by atoms with Crippen molar-refractivity contribution in [2.45, 2.75) is 19.1 Å². The number of pyridine rings is 1. The smallest absolute Gasteiger partial charge is 0.340 e. The van der Waals surface area contributed by atoms with Crippen LogP contribution in [-0.2, 0) is 4.74 Å². The van der Waals surface area contributed by atoms with E-state index in [-0.39, 0.29) is 5.97 Å². The normalized spacial score (nSPS) is 19.3. The van der Waals surface area contributed by atoms with E-state index in [1.807, 2.05) is 11.8 Å². The van der Waals surface area contributed by atoms with Gasteiger partial charge in [0.25, 0.3) is 0 Å². The summed E-state index contributed by atoms with van der Waals surface area (Å²) in [7, 11) is 0. The van der Waals surface area contributed by atoms with E-state index in [0.717, 1.165) is 24.5 Å². The quantitative estimate of drug-likeness (QED) is 0.852. The van der Waals surface area contributed by atoms with Crippen LogP contribution in [0.2, 0.25) is 0 Å². The number of ether oxygens (including phenoxy) is 1. The molecule has 2 rings (SSSR count). The van der Waals surface area contributed by atoms with E-state index in [9.17, 15) is 4.79 Å². The van der Waals surface area contributed by atoms with E-state index in [2.05, 4.69) is 16.8 Å². The maximum Gasteiger partial charge on any atom is 0.340 e. The number of nitrogen functional groups attached to an aromatic ring is 1. The number of rotatable bonds is 3. The number of nitrogens with two attached hydrogens (primary N) is 1. The highest BCUT2D eigenvalue weighted by Crippen LogP contribution is 2.27. The second-order valence-electron chi connectivity index (χ2n) is 4.47. The Kier molecular flexibility index (Phi) is 4.52. The van der Waals surface area contributed by atoms with Gasteiger partial charge >= 0.3 is 5.97 Å². The van der Waals surface area contributed by atoms with Gasteiger partial charge in [-0.3, -0.25) is 0 Å². The number of thioether (sulfide) groups is 1. The standard InChI is InChI=1S/C13H19N3O2S/c1-3-18-13(17)10-6-12(14)15-7-11(10)16-4-5-19-9(2)8-16/h6-7,9H,3-5,8H2,1-2H3,(H2,14,15). The number of hydrogen-bond acceptors (Lipinski definition) is 6. The maximum atomic E-state index is 12.0. The minimum absolute atomic E-state index is 0.336. The number of carbonyl (C=O) groups excluding carboxylic acids is 1. The molecule has 1 aliphatic rings. The van der Waals surface area contributed by atoms with Crippen molar-refractivity contribution in [1.29, 1.82) is 0 Å². The maximum absolute atomic E-state index is 12.0. The molecule has 0 bridgehead atoms. The molecule has 5 nitrogen and oxygen atoms in total. The molecule has 1 atom stereocenters. The van der Waals surface area contributed by atoms with E-state index in [1.165, 1.54) is 0 Å². The third-order valence-electron chi connectivity index (χ3n) is 2.98. The SMILES string of the molecule is CCOC(=O)c1cc(N)ncc1N1CCSC(C)C1. The van der Waals surface area contributed by atoms with Gasteiger partial charge < -0.3 is 15.4 Å². The van der Waals surface area contributed by atoms with Gasteiger partial charge in [0.1, 0.15) is 5.82 Å². The van der Waals surface area contributed by atoms with Crippen LogP contribution in [0.3, 0.4) is 0 Å². The molecule has 0 radical (unpaired) electrons. The van der Waals surface area contributed by atoms with Gasteiger partial charge in [-0.05, 0) is 13.0 Å². The minimum Gasteiger partial charge on any atom is -0.462 e. The summed E-state index contributed by atoms with van der Waals surface area (Å²) in [5.41, 5.74) is 7.00. The molecule has 1 aromatic rings. The van der Waals surface area contributed by atoms with E-state index < -0.39 is 0 Å². The van der Waals surface area contributed by atoms with Crippen LogP contribution < -0.4 is 10.6 Å². The Morgan fingerprint density at radius 3 is 3.16 bits per heavy atom. The lowest BCUT2D eigenvalue weighted by Crippen LogP contribution is -2.37. The number of aromatic nitrogens is 1. The number of anilines is 2. The van der Waals surface area contributed by atoms with Gasteiger partial charge in [-0.25, -0.2) is 9.78 Å². The Bertz CT molecular complexity index is 467. The molecule has 1 aromatic heterocycles. The van der Waals surface area contributed by atoms with E-state index in [0.29, 0.717) is 23.2 Å². The fourth-order valence-electron chi connectivity index (χ4n) is 2.13. The van der Waals surface area contributed by atoms with Gasteiger partial charge in [0.05, 0.1) is 24.1 Å². The molecule has 0 saturated carbocycles. The molecule has 0 spiro atoms. The summed E-state index contributed by atoms with van der Waals surface area (Å²) >= 11 is 1.94. The molecule has 6 heteroatoms. The monoisotopic (exact) mass is 281 g/mol. The first-order valence-corrected chi connectivity index (χ1v) is 7.46. The summed E-state index contributed by atoms with van der Waals surface area (Å²) in [4.78, 5) is 18.3. The Balaban J connectivity index is 2.30. The molecule has 1 fully saturated rings. The summed E-state index contributed by atoms with van der Waals surface area (Å²) in [5, 5.41) is 0.543. The summed E-state index contributed by atoms with van der Waals surface area (Å²) < 4.78 is 5.09. The third-order valence-corrected chi connectivity index (χ3v) is 4.12. The predicted octanol–water partition coefficient (Wildman–Crippen LogP) is 1.78. The van der Waals surface area contributed by atoms with Gasteiger partial charge in [0.2, 0.25) is 0 Å². The van der Waals surface area contributed by atoms with Crippen LogP contribution in [0.4, 0.5) is 11.5 Å². The fraction of sp³-hybridized carbons (Fsp3) is 0.538. The first-order chi connectivity index (χ1) is 9.11. The van der Waals surface area contributed by atoms with Crippen molar-refractivity contribution in [3.8, 4) is 0 Å². The number of carbonyl (C=O) groups is 1. The lowest BCUT2D eigenvalue weighted by atomic mass is 10.2. The lowest BCUT2D eigenvalue weighted by molar-refractivity contribution is 0.0527. The highest BCUT2D eigenvalue weighted by atomic mass is 32.2. The zero-order valence-electron chi connectivity index (χ0n) is 11.3. The number of hydrogen-bond donors (Lipinski definition) is 1. The molecule has 1 aliphatic heterocycles. The van der Waals surface area contributed by atoms with Gasteiger partial charge in [0, 0.05) is 24.1 Å². The van der Waals surface area contributed by atoms with Gasteiger partial charge in [-0.1, -0.05) is 6.92 Å². The first kappa shape index (κ1) is 14.0. The molecule has 19 heavy (non-hydrogen) atoms. The van der Waals surface area contributed by atoms with E-state index in [4.69, 9.17) is 10.5 Å². The Morgan fingerprint density at radius 1 is 1.68 bits per heavy atom. The van der Waals surface area contributed by atoms with Crippen LogP contribution in [-0.4, -0.2) is 41.7 Å². The molecule has 0 aromatic carbocycles. The second-order valence-corrected chi connectivity index (χ2v) is 6.02. The number of esters is 1. The van der Waals surface area contributed by atoms with Crippen molar-refractivity contribution >= 4 is 29.2 Å². The summed E-state index contributed by atoms with van der Waals surface area (Å²) in [6, 6.07) is 1.60. The molecular formula is C13H19N3O2S. The Labute approximate surface area is 117 Å². The zero-order valence-corrected chi connectivity index (χ0v) is 12.1. The van der Waals surface area contributed by atoms with Crippen molar-refractivity contribution in [3.63, 3.8) is 0 Å². The van der Waals surface area contributed by atoms with E-state index >= 15 is 0 Å². The number of nitrogens with zero attached hydrogens (tertiary/aromatic N) is 2. The minimum atomic E-state index is -0.336. The van der Waals surface area contributed by atoms with E-state index in [1.54, 1.807) is 19.2 Å². The molecule has 0 amide bonds. The Hall–Kier alpha value is -1.43. The van der Waals surface area contributed by atoms with Crippen LogP contribution >= 0.6 is 11.8 Å². The van der Waals surface area contributed by atoms with Gasteiger partial charge in [0.15, 0.2) is 0 Å². The van der Waals surface area contributed by atoms with Crippen LogP contribution in [0.15, 0.2) is 12.3 Å². The van der Waals surface area contributed by atoms with Gasteiger partial charge in [-0.2, -0.15) is 11.8 Å². The summed E-state index contributed by atoms with van der Waals surface area (Å²) in [6.45, 7) is 6.15. The molecule has 104 valence electrons. The summed E-state index contributed by atoms with van der Waals surface area (Å²) in [6.07, 6.45) is 1.67. The molecule has 2 N–H and O–H groups in total. The third kappa shape index (κ3) is 3.32. The second kappa shape index (κ2) is 6.14. The average Bonchev–Trinajstić information content (AvgIpc) is 2.39.